The molecule has 0 bridgehead atoms. The normalized spacial score (nSPS) is 23.2. The molecule has 0 aromatic rings. The Morgan fingerprint density at radius 2 is 1.82 bits per heavy atom. The molecule has 0 spiro atoms. The van der Waals surface area contributed by atoms with Crippen molar-refractivity contribution in [1.82, 2.24) is 10.2 Å². The Hall–Kier alpha value is -0.770. The van der Waals surface area contributed by atoms with Crippen LogP contribution in [-0.2, 0) is 4.74 Å². The standard InChI is InChI=1S/C18H36N2O2/c1-14-9-8-10-15(13-14)19-11-12-20(17(2,3)4)16(21)22-18(5,6)7/h14-15,19H,8-13H2,1-7H3. The molecule has 1 amide bonds. The van der Waals surface area contributed by atoms with Gasteiger partial charge < -0.3 is 15.0 Å². The van der Waals surface area contributed by atoms with Crippen LogP contribution in [0, 0.1) is 5.92 Å². The third kappa shape index (κ3) is 6.99. The van der Waals surface area contributed by atoms with Gasteiger partial charge >= 0.3 is 6.09 Å². The predicted molar refractivity (Wildman–Crippen MR) is 92.1 cm³/mol. The second-order valence-corrected chi connectivity index (χ2v) is 8.73. The molecule has 0 aliphatic heterocycles. The van der Waals surface area contributed by atoms with Gasteiger partial charge in [-0.15, -0.1) is 0 Å². The van der Waals surface area contributed by atoms with Crippen molar-refractivity contribution in [3.05, 3.63) is 0 Å². The van der Waals surface area contributed by atoms with E-state index < -0.39 is 5.60 Å². The third-order valence-corrected chi connectivity index (χ3v) is 4.13. The Kier molecular flexibility index (Phi) is 6.72. The highest BCUT2D eigenvalue weighted by Gasteiger charge is 2.30. The van der Waals surface area contributed by atoms with E-state index in [2.05, 4.69) is 33.0 Å². The van der Waals surface area contributed by atoms with Crippen LogP contribution in [0.4, 0.5) is 4.79 Å². The molecule has 130 valence electrons. The molecule has 0 saturated heterocycles. The summed E-state index contributed by atoms with van der Waals surface area (Å²) < 4.78 is 5.55. The number of carbonyl (C=O) groups excluding carboxylic acids is 1. The van der Waals surface area contributed by atoms with Gasteiger partial charge in [-0.05, 0) is 60.3 Å². The maximum Gasteiger partial charge on any atom is 0.410 e. The molecular weight excluding hydrogens is 276 g/mol. The van der Waals surface area contributed by atoms with Gasteiger partial charge in [-0.25, -0.2) is 4.79 Å². The number of rotatable bonds is 4. The summed E-state index contributed by atoms with van der Waals surface area (Å²) in [5.41, 5.74) is -0.684. The van der Waals surface area contributed by atoms with Gasteiger partial charge in [0.25, 0.3) is 0 Å². The monoisotopic (exact) mass is 312 g/mol. The minimum atomic E-state index is -0.452. The summed E-state index contributed by atoms with van der Waals surface area (Å²) in [4.78, 5) is 14.2. The lowest BCUT2D eigenvalue weighted by atomic mass is 9.87. The molecule has 22 heavy (non-hydrogen) atoms. The van der Waals surface area contributed by atoms with E-state index in [-0.39, 0.29) is 11.6 Å². The fourth-order valence-corrected chi connectivity index (χ4v) is 3.02. The molecule has 0 heterocycles. The van der Waals surface area contributed by atoms with E-state index in [0.717, 1.165) is 12.5 Å². The molecule has 0 radical (unpaired) electrons. The van der Waals surface area contributed by atoms with Crippen LogP contribution in [0.1, 0.15) is 74.1 Å². The van der Waals surface area contributed by atoms with E-state index >= 15 is 0 Å². The molecular formula is C18H36N2O2. The first kappa shape index (κ1) is 19.3. The maximum atomic E-state index is 12.4. The third-order valence-electron chi connectivity index (χ3n) is 4.13. The summed E-state index contributed by atoms with van der Waals surface area (Å²) in [6.07, 6.45) is 4.95. The second kappa shape index (κ2) is 7.67. The van der Waals surface area contributed by atoms with Crippen LogP contribution in [0.2, 0.25) is 0 Å². The van der Waals surface area contributed by atoms with E-state index in [1.54, 1.807) is 0 Å². The van der Waals surface area contributed by atoms with Gasteiger partial charge in [0, 0.05) is 24.7 Å². The average Bonchev–Trinajstić information content (AvgIpc) is 2.30. The molecule has 2 atom stereocenters. The first-order valence-electron chi connectivity index (χ1n) is 8.73. The maximum absolute atomic E-state index is 12.4. The van der Waals surface area contributed by atoms with Gasteiger partial charge in [-0.1, -0.05) is 19.8 Å². The zero-order valence-electron chi connectivity index (χ0n) is 15.7. The molecule has 1 rings (SSSR count). The minimum Gasteiger partial charge on any atom is -0.444 e. The zero-order valence-corrected chi connectivity index (χ0v) is 15.7. The fraction of sp³-hybridized carbons (Fsp3) is 0.944. The largest absolute Gasteiger partial charge is 0.444 e. The van der Waals surface area contributed by atoms with Crippen LogP contribution in [0.25, 0.3) is 0 Å². The second-order valence-electron chi connectivity index (χ2n) is 8.73. The quantitative estimate of drug-likeness (QED) is 0.846. The highest BCUT2D eigenvalue weighted by molar-refractivity contribution is 5.69. The summed E-state index contributed by atoms with van der Waals surface area (Å²) in [5.74, 6) is 0.816. The van der Waals surface area contributed by atoms with Crippen LogP contribution in [-0.4, -0.2) is 41.3 Å². The van der Waals surface area contributed by atoms with Crippen molar-refractivity contribution in [3.8, 4) is 0 Å². The van der Waals surface area contributed by atoms with Gasteiger partial charge in [0.15, 0.2) is 0 Å². The van der Waals surface area contributed by atoms with Crippen molar-refractivity contribution in [2.45, 2.75) is 91.3 Å². The Morgan fingerprint density at radius 3 is 2.32 bits per heavy atom. The Bertz CT molecular complexity index is 355. The number of carbonyl (C=O) groups is 1. The summed E-state index contributed by atoms with van der Waals surface area (Å²) >= 11 is 0. The van der Waals surface area contributed by atoms with Gasteiger partial charge in [0.2, 0.25) is 0 Å². The first-order valence-corrected chi connectivity index (χ1v) is 8.73. The van der Waals surface area contributed by atoms with Crippen molar-refractivity contribution in [3.63, 3.8) is 0 Å². The number of hydrogen-bond acceptors (Lipinski definition) is 3. The van der Waals surface area contributed by atoms with Crippen molar-refractivity contribution in [2.75, 3.05) is 13.1 Å². The minimum absolute atomic E-state index is 0.223. The Balaban J connectivity index is 2.50. The van der Waals surface area contributed by atoms with Crippen molar-refractivity contribution in [1.29, 1.82) is 0 Å². The van der Waals surface area contributed by atoms with Crippen molar-refractivity contribution >= 4 is 6.09 Å². The van der Waals surface area contributed by atoms with E-state index in [1.165, 1.54) is 25.7 Å². The highest BCUT2D eigenvalue weighted by Crippen LogP contribution is 2.23. The number of nitrogens with one attached hydrogen (secondary N) is 1. The molecule has 1 aliphatic carbocycles. The first-order chi connectivity index (χ1) is 9.99. The lowest BCUT2D eigenvalue weighted by Crippen LogP contribution is -2.51. The summed E-state index contributed by atoms with van der Waals surface area (Å²) in [6, 6.07) is 0.601. The molecule has 1 aliphatic rings. The lowest BCUT2D eigenvalue weighted by Gasteiger charge is -2.37. The van der Waals surface area contributed by atoms with Crippen LogP contribution in [0.15, 0.2) is 0 Å². The Labute approximate surface area is 137 Å². The van der Waals surface area contributed by atoms with Crippen molar-refractivity contribution < 1.29 is 9.53 Å². The molecule has 0 aromatic heterocycles. The van der Waals surface area contributed by atoms with Crippen LogP contribution >= 0.6 is 0 Å². The number of hydrogen-bond donors (Lipinski definition) is 1. The van der Waals surface area contributed by atoms with E-state index in [9.17, 15) is 4.79 Å². The SMILES string of the molecule is CC1CCCC(NCCN(C(=O)OC(C)(C)C)C(C)(C)C)C1. The number of amides is 1. The van der Waals surface area contributed by atoms with E-state index in [1.807, 2.05) is 25.7 Å². The van der Waals surface area contributed by atoms with Gasteiger partial charge in [0.05, 0.1) is 0 Å². The zero-order chi connectivity index (χ0) is 17.0. The molecule has 4 nitrogen and oxygen atoms in total. The molecule has 4 heteroatoms. The van der Waals surface area contributed by atoms with Crippen LogP contribution < -0.4 is 5.32 Å². The molecule has 0 aromatic carbocycles. The van der Waals surface area contributed by atoms with Gasteiger partial charge in [-0.3, -0.25) is 0 Å². The van der Waals surface area contributed by atoms with E-state index in [0.29, 0.717) is 12.6 Å². The average molecular weight is 312 g/mol. The fourth-order valence-electron chi connectivity index (χ4n) is 3.02. The van der Waals surface area contributed by atoms with Gasteiger partial charge in [0.1, 0.15) is 5.60 Å². The summed E-state index contributed by atoms with van der Waals surface area (Å²) in [5, 5.41) is 3.62. The van der Waals surface area contributed by atoms with Crippen molar-refractivity contribution in [2.24, 2.45) is 5.92 Å². The smallest absolute Gasteiger partial charge is 0.410 e. The molecule has 2 unspecified atom stereocenters. The topological polar surface area (TPSA) is 41.6 Å². The molecule has 1 fully saturated rings. The summed E-state index contributed by atoms with van der Waals surface area (Å²) in [6.45, 7) is 15.7. The van der Waals surface area contributed by atoms with E-state index in [4.69, 9.17) is 4.74 Å². The summed E-state index contributed by atoms with van der Waals surface area (Å²) in [7, 11) is 0. The van der Waals surface area contributed by atoms with Gasteiger partial charge in [-0.2, -0.15) is 0 Å². The highest BCUT2D eigenvalue weighted by atomic mass is 16.6. The lowest BCUT2D eigenvalue weighted by molar-refractivity contribution is 0.00633. The Morgan fingerprint density at radius 1 is 1.18 bits per heavy atom. The molecule has 1 saturated carbocycles. The van der Waals surface area contributed by atoms with Crippen LogP contribution in [0.5, 0.6) is 0 Å². The molecule has 1 N–H and O–H groups in total. The number of ether oxygens (including phenoxy) is 1. The van der Waals surface area contributed by atoms with Crippen LogP contribution in [0.3, 0.4) is 0 Å². The number of nitrogens with zero attached hydrogens (tertiary/aromatic N) is 1. The predicted octanol–water partition coefficient (Wildman–Crippen LogP) is 4.19.